The van der Waals surface area contributed by atoms with E-state index in [1.807, 2.05) is 0 Å². The van der Waals surface area contributed by atoms with Gasteiger partial charge in [-0.1, -0.05) is 206 Å². The fourth-order valence-corrected chi connectivity index (χ4v) is 7.00. The summed E-state index contributed by atoms with van der Waals surface area (Å²) in [5, 5.41) is 10.9. The van der Waals surface area contributed by atoms with E-state index in [4.69, 9.17) is 0 Å². The summed E-state index contributed by atoms with van der Waals surface area (Å²) in [5.41, 5.74) is 0. The molecule has 0 saturated heterocycles. The van der Waals surface area contributed by atoms with Gasteiger partial charge in [-0.15, -0.1) is 0 Å². The van der Waals surface area contributed by atoms with Crippen LogP contribution in [0.2, 0.25) is 0 Å². The third-order valence-electron chi connectivity index (χ3n) is 10.2. The van der Waals surface area contributed by atoms with Crippen LogP contribution in [0.1, 0.15) is 245 Å². The number of carboxylic acid groups (broad SMARTS) is 1. The van der Waals surface area contributed by atoms with Gasteiger partial charge in [0.25, 0.3) is 0 Å². The first-order chi connectivity index (χ1) is 22.1. The topological polar surface area (TPSA) is 43.4 Å². The maximum absolute atomic E-state index is 10.9. The number of nitrogens with zero attached hydrogens (tertiary/aromatic N) is 1. The molecule has 1 atom stereocenters. The number of carbonyl (C=O) groups excluding carboxylic acids is 1. The van der Waals surface area contributed by atoms with Crippen molar-refractivity contribution in [2.24, 2.45) is 0 Å². The van der Waals surface area contributed by atoms with Crippen LogP contribution in [0.4, 0.5) is 0 Å². The van der Waals surface area contributed by atoms with Gasteiger partial charge in [-0.3, -0.25) is 0 Å². The van der Waals surface area contributed by atoms with Gasteiger partial charge in [0.2, 0.25) is 0 Å². The zero-order chi connectivity index (χ0) is 32.9. The standard InChI is InChI=1S/C42H85NO2.K/c1-4-6-8-10-12-14-16-18-20-22-24-26-28-30-32-34-39-43(41(3)37-36-38-42(44)45)40-35-33-31-29-27-25-23-21-19-17-15-13-11-9-7-5-2;/h41H,4-40H2,1-3H3,(H,44,45);/q;+1/p-1. The van der Waals surface area contributed by atoms with Gasteiger partial charge in [0.15, 0.2) is 0 Å². The average molecular weight is 674 g/mol. The van der Waals surface area contributed by atoms with Gasteiger partial charge in [-0.05, 0) is 52.1 Å². The fourth-order valence-electron chi connectivity index (χ4n) is 7.00. The predicted octanol–water partition coefficient (Wildman–Crippen LogP) is 10.1. The summed E-state index contributed by atoms with van der Waals surface area (Å²) >= 11 is 0. The molecule has 0 amide bonds. The molecular weight excluding hydrogens is 590 g/mol. The van der Waals surface area contributed by atoms with Crippen molar-refractivity contribution in [3.05, 3.63) is 0 Å². The molecule has 270 valence electrons. The van der Waals surface area contributed by atoms with E-state index in [9.17, 15) is 9.90 Å². The van der Waals surface area contributed by atoms with Crippen LogP contribution in [-0.4, -0.2) is 30.0 Å². The maximum atomic E-state index is 10.9. The van der Waals surface area contributed by atoms with E-state index >= 15 is 0 Å². The number of aliphatic carboxylic acids is 1. The van der Waals surface area contributed by atoms with Crippen LogP contribution in [0.3, 0.4) is 0 Å². The Morgan fingerprint density at radius 2 is 0.674 bits per heavy atom. The summed E-state index contributed by atoms with van der Waals surface area (Å²) in [5.74, 6) is -0.899. The third-order valence-corrected chi connectivity index (χ3v) is 10.2. The first-order valence-electron chi connectivity index (χ1n) is 21.1. The maximum Gasteiger partial charge on any atom is 1.00 e. The molecule has 0 aliphatic carbocycles. The van der Waals surface area contributed by atoms with Crippen molar-refractivity contribution in [2.75, 3.05) is 13.1 Å². The number of hydrogen-bond donors (Lipinski definition) is 0. The molecule has 0 aliphatic rings. The van der Waals surface area contributed by atoms with Crippen molar-refractivity contribution in [2.45, 2.75) is 252 Å². The Kier molecular flexibility index (Phi) is 45.2. The molecular formula is C42H84KNO2. The second-order valence-electron chi connectivity index (χ2n) is 14.8. The number of carbonyl (C=O) groups is 1. The summed E-state index contributed by atoms with van der Waals surface area (Å²) in [7, 11) is 0. The van der Waals surface area contributed by atoms with Gasteiger partial charge >= 0.3 is 51.4 Å². The summed E-state index contributed by atoms with van der Waals surface area (Å²) in [6, 6.07) is 0.483. The van der Waals surface area contributed by atoms with Gasteiger partial charge < -0.3 is 14.8 Å². The van der Waals surface area contributed by atoms with Crippen LogP contribution in [0, 0.1) is 0 Å². The first-order valence-corrected chi connectivity index (χ1v) is 21.1. The SMILES string of the molecule is CCCCCCCCCCCCCCCCCCN(CCCCCCCCCCCCCCCCCC)C(C)CCCC(=O)[O-].[K+]. The van der Waals surface area contributed by atoms with Gasteiger partial charge in [-0.2, -0.15) is 0 Å². The molecule has 1 unspecified atom stereocenters. The molecule has 0 spiro atoms. The van der Waals surface area contributed by atoms with Crippen molar-refractivity contribution >= 4 is 5.97 Å². The smallest absolute Gasteiger partial charge is 0.550 e. The molecule has 0 N–H and O–H groups in total. The fraction of sp³-hybridized carbons (Fsp3) is 0.976. The van der Waals surface area contributed by atoms with Crippen molar-refractivity contribution < 1.29 is 61.3 Å². The Labute approximate surface area is 333 Å². The molecule has 0 aromatic heterocycles. The van der Waals surface area contributed by atoms with Crippen LogP contribution < -0.4 is 56.5 Å². The second-order valence-corrected chi connectivity index (χ2v) is 14.8. The number of rotatable bonds is 39. The first kappa shape index (κ1) is 49.2. The molecule has 4 heteroatoms. The zero-order valence-corrected chi connectivity index (χ0v) is 35.6. The molecule has 0 rings (SSSR count). The largest absolute Gasteiger partial charge is 1.00 e. The van der Waals surface area contributed by atoms with Crippen LogP contribution in [0.25, 0.3) is 0 Å². The molecule has 0 aromatic carbocycles. The Hall–Kier alpha value is 1.07. The van der Waals surface area contributed by atoms with Gasteiger partial charge in [0, 0.05) is 12.0 Å². The van der Waals surface area contributed by atoms with Crippen molar-refractivity contribution in [1.82, 2.24) is 4.90 Å². The van der Waals surface area contributed by atoms with E-state index in [0.717, 1.165) is 12.8 Å². The van der Waals surface area contributed by atoms with E-state index in [0.29, 0.717) is 6.04 Å². The number of hydrogen-bond acceptors (Lipinski definition) is 3. The Morgan fingerprint density at radius 3 is 0.913 bits per heavy atom. The molecule has 0 radical (unpaired) electrons. The molecule has 0 saturated carbocycles. The third kappa shape index (κ3) is 39.5. The van der Waals surface area contributed by atoms with Crippen LogP contribution in [0.15, 0.2) is 0 Å². The Bertz CT molecular complexity index is 536. The minimum absolute atomic E-state index is 0. The normalized spacial score (nSPS) is 12.1. The zero-order valence-electron chi connectivity index (χ0n) is 32.5. The number of carboxylic acids is 1. The quantitative estimate of drug-likeness (QED) is 0.0482. The van der Waals surface area contributed by atoms with Gasteiger partial charge in [0.05, 0.1) is 0 Å². The van der Waals surface area contributed by atoms with Gasteiger partial charge in [0.1, 0.15) is 0 Å². The molecule has 0 aliphatic heterocycles. The molecule has 3 nitrogen and oxygen atoms in total. The van der Waals surface area contributed by atoms with E-state index in [1.54, 1.807) is 0 Å². The van der Waals surface area contributed by atoms with Crippen molar-refractivity contribution in [3.63, 3.8) is 0 Å². The molecule has 0 bridgehead atoms. The summed E-state index contributed by atoms with van der Waals surface area (Å²) in [4.78, 5) is 13.6. The minimum Gasteiger partial charge on any atom is -0.550 e. The predicted molar refractivity (Wildman–Crippen MR) is 199 cm³/mol. The summed E-state index contributed by atoms with van der Waals surface area (Å²) in [6.45, 7) is 9.28. The van der Waals surface area contributed by atoms with E-state index < -0.39 is 5.97 Å². The molecule has 0 aromatic rings. The monoisotopic (exact) mass is 674 g/mol. The van der Waals surface area contributed by atoms with Crippen LogP contribution in [-0.2, 0) is 4.79 Å². The second kappa shape index (κ2) is 42.2. The van der Waals surface area contributed by atoms with Crippen LogP contribution in [0.5, 0.6) is 0 Å². The minimum atomic E-state index is -0.899. The summed E-state index contributed by atoms with van der Waals surface area (Å²) in [6.07, 6.45) is 47.2. The van der Waals surface area contributed by atoms with Crippen molar-refractivity contribution in [3.8, 4) is 0 Å². The molecule has 0 heterocycles. The average Bonchev–Trinajstić information content (AvgIpc) is 3.03. The summed E-state index contributed by atoms with van der Waals surface area (Å²) < 4.78 is 0. The number of unbranched alkanes of at least 4 members (excludes halogenated alkanes) is 30. The van der Waals surface area contributed by atoms with E-state index in [-0.39, 0.29) is 57.8 Å². The molecule has 0 fully saturated rings. The van der Waals surface area contributed by atoms with E-state index in [2.05, 4.69) is 25.7 Å². The Morgan fingerprint density at radius 1 is 0.435 bits per heavy atom. The van der Waals surface area contributed by atoms with Crippen molar-refractivity contribution in [1.29, 1.82) is 0 Å². The molecule has 46 heavy (non-hydrogen) atoms. The Balaban J connectivity index is 0. The van der Waals surface area contributed by atoms with Crippen LogP contribution >= 0.6 is 0 Å². The van der Waals surface area contributed by atoms with Gasteiger partial charge in [-0.25, -0.2) is 0 Å². The van der Waals surface area contributed by atoms with E-state index in [1.165, 1.54) is 219 Å².